The van der Waals surface area contributed by atoms with E-state index in [0.29, 0.717) is 31.1 Å². The number of aliphatic hydroxyl groups excluding tert-OH is 1. The van der Waals surface area contributed by atoms with Gasteiger partial charge in [-0.25, -0.2) is 0 Å². The number of aliphatic hydroxyl groups is 1. The van der Waals surface area contributed by atoms with E-state index in [1.807, 2.05) is 19.1 Å². The van der Waals surface area contributed by atoms with Gasteiger partial charge in [-0.15, -0.1) is 11.8 Å². The highest BCUT2D eigenvalue weighted by Gasteiger charge is 2.44. The molecule has 1 aromatic rings. The minimum Gasteiger partial charge on any atom is -0.489 e. The molecule has 0 aromatic heterocycles. The molecule has 1 heterocycles. The van der Waals surface area contributed by atoms with Crippen molar-refractivity contribution in [3.05, 3.63) is 41.5 Å². The van der Waals surface area contributed by atoms with Crippen LogP contribution in [0.1, 0.15) is 62.5 Å². The Labute approximate surface area is 161 Å². The molecule has 1 aromatic carbocycles. The lowest BCUT2D eigenvalue weighted by molar-refractivity contribution is -0.137. The van der Waals surface area contributed by atoms with Gasteiger partial charge in [0.25, 0.3) is 0 Å². The molecule has 0 radical (unpaired) electrons. The van der Waals surface area contributed by atoms with Crippen LogP contribution in [0.5, 0.6) is 5.75 Å². The Balaban J connectivity index is 1.67. The first-order valence-corrected chi connectivity index (χ1v) is 9.86. The summed E-state index contributed by atoms with van der Waals surface area (Å²) in [5.74, 6) is 6.76. The van der Waals surface area contributed by atoms with Crippen molar-refractivity contribution in [2.75, 3.05) is 0 Å². The lowest BCUT2D eigenvalue weighted by Gasteiger charge is -2.15. The summed E-state index contributed by atoms with van der Waals surface area (Å²) < 4.78 is 6.27. The molecule has 4 nitrogen and oxygen atoms in total. The van der Waals surface area contributed by atoms with E-state index in [-0.39, 0.29) is 12.5 Å². The summed E-state index contributed by atoms with van der Waals surface area (Å²) in [4.78, 5) is 10.8. The number of rotatable bonds is 8. The molecule has 0 bridgehead atoms. The van der Waals surface area contributed by atoms with Gasteiger partial charge in [0.15, 0.2) is 0 Å². The maximum absolute atomic E-state index is 10.8. The number of allylic oxidation sites excluding steroid dienone is 1. The Morgan fingerprint density at radius 1 is 1.41 bits per heavy atom. The molecule has 1 fully saturated rings. The topological polar surface area (TPSA) is 66.8 Å². The van der Waals surface area contributed by atoms with Crippen LogP contribution in [0.3, 0.4) is 0 Å². The fourth-order valence-electron chi connectivity index (χ4n) is 4.27. The van der Waals surface area contributed by atoms with Crippen molar-refractivity contribution < 1.29 is 19.7 Å². The molecule has 3 unspecified atom stereocenters. The van der Waals surface area contributed by atoms with Crippen LogP contribution in [0.25, 0.3) is 0 Å². The first-order valence-electron chi connectivity index (χ1n) is 9.86. The predicted octanol–water partition coefficient (Wildman–Crippen LogP) is 4.07. The molecule has 0 saturated heterocycles. The maximum atomic E-state index is 10.8. The van der Waals surface area contributed by atoms with Gasteiger partial charge < -0.3 is 14.9 Å². The van der Waals surface area contributed by atoms with Crippen LogP contribution in [0.4, 0.5) is 0 Å². The normalized spacial score (nSPS) is 24.0. The van der Waals surface area contributed by atoms with Gasteiger partial charge in [0.1, 0.15) is 11.9 Å². The number of hydrogen-bond acceptors (Lipinski definition) is 3. The average Bonchev–Trinajstić information content (AvgIpc) is 3.20. The molecule has 0 spiro atoms. The Hall–Kier alpha value is -2.25. The minimum absolute atomic E-state index is 0.183. The van der Waals surface area contributed by atoms with E-state index in [9.17, 15) is 9.90 Å². The first kappa shape index (κ1) is 19.5. The van der Waals surface area contributed by atoms with Crippen LogP contribution >= 0.6 is 0 Å². The van der Waals surface area contributed by atoms with Crippen molar-refractivity contribution in [2.45, 2.75) is 70.0 Å². The Bertz CT molecular complexity index is 755. The van der Waals surface area contributed by atoms with E-state index in [2.05, 4.69) is 30.0 Å². The largest absolute Gasteiger partial charge is 0.489 e. The van der Waals surface area contributed by atoms with Crippen LogP contribution in [-0.4, -0.2) is 28.4 Å². The number of para-hydroxylation sites is 1. The summed E-state index contributed by atoms with van der Waals surface area (Å²) in [6, 6.07) is 6.24. The number of fused-ring (bicyclic) bond motifs is 3. The Morgan fingerprint density at radius 3 is 3.04 bits per heavy atom. The van der Waals surface area contributed by atoms with Crippen LogP contribution in [-0.2, 0) is 11.2 Å². The zero-order valence-corrected chi connectivity index (χ0v) is 15.9. The monoisotopic (exact) mass is 368 g/mol. The Morgan fingerprint density at radius 2 is 2.26 bits per heavy atom. The molecule has 1 aliphatic heterocycles. The third-order valence-corrected chi connectivity index (χ3v) is 5.56. The lowest BCUT2D eigenvalue weighted by Crippen LogP contribution is -2.15. The van der Waals surface area contributed by atoms with Crippen molar-refractivity contribution >= 4 is 5.97 Å². The van der Waals surface area contributed by atoms with E-state index in [0.717, 1.165) is 30.6 Å². The van der Waals surface area contributed by atoms with Gasteiger partial charge in [-0.3, -0.25) is 4.79 Å². The number of hydrogen-bond donors (Lipinski definition) is 2. The van der Waals surface area contributed by atoms with Gasteiger partial charge in [-0.2, -0.15) is 0 Å². The number of aliphatic carboxylic acids is 1. The summed E-state index contributed by atoms with van der Waals surface area (Å²) in [6.45, 7) is 1.81. The van der Waals surface area contributed by atoms with Crippen molar-refractivity contribution in [1.82, 2.24) is 0 Å². The summed E-state index contributed by atoms with van der Waals surface area (Å²) in [5.41, 5.74) is 2.36. The maximum Gasteiger partial charge on any atom is 0.303 e. The third kappa shape index (κ3) is 4.73. The summed E-state index contributed by atoms with van der Waals surface area (Å²) in [5, 5.41) is 19.0. The van der Waals surface area contributed by atoms with Gasteiger partial charge in [0.05, 0.1) is 6.10 Å². The zero-order valence-electron chi connectivity index (χ0n) is 15.9. The van der Waals surface area contributed by atoms with Crippen LogP contribution < -0.4 is 4.74 Å². The summed E-state index contributed by atoms with van der Waals surface area (Å²) in [6.07, 6.45) is 8.81. The average molecular weight is 368 g/mol. The van der Waals surface area contributed by atoms with Crippen LogP contribution in [0, 0.1) is 17.8 Å². The number of carbonyl (C=O) groups is 1. The van der Waals surface area contributed by atoms with Crippen molar-refractivity contribution in [3.63, 3.8) is 0 Å². The molecule has 4 heteroatoms. The highest BCUT2D eigenvalue weighted by atomic mass is 16.5. The second kappa shape index (κ2) is 9.10. The van der Waals surface area contributed by atoms with E-state index in [4.69, 9.17) is 9.84 Å². The molecule has 3 rings (SSSR count). The van der Waals surface area contributed by atoms with Gasteiger partial charge in [0.2, 0.25) is 0 Å². The standard InChI is InChI=1S/C23H28O4/c1-2-3-4-9-18(24)14-12-16-13-15-20-22(16)19-10-5-7-17(23(19)27-20)8-6-11-21(25)26/h5,7,10,12,14,16,18,20,22,24H,4,6,8-9,11,13,15H2,1H3,(H,25,26)/b14-12+/t16-,18?,20?,22?/m0/s1. The summed E-state index contributed by atoms with van der Waals surface area (Å²) in [7, 11) is 0. The molecule has 1 saturated carbocycles. The molecule has 144 valence electrons. The smallest absolute Gasteiger partial charge is 0.303 e. The highest BCUT2D eigenvalue weighted by Crippen LogP contribution is 2.51. The van der Waals surface area contributed by atoms with E-state index in [1.165, 1.54) is 5.56 Å². The quantitative estimate of drug-likeness (QED) is 0.536. The predicted molar refractivity (Wildman–Crippen MR) is 105 cm³/mol. The summed E-state index contributed by atoms with van der Waals surface area (Å²) >= 11 is 0. The van der Waals surface area contributed by atoms with E-state index < -0.39 is 12.1 Å². The molecule has 0 amide bonds. The number of carboxylic acids is 1. The molecular formula is C23H28O4. The highest BCUT2D eigenvalue weighted by molar-refractivity contribution is 5.66. The van der Waals surface area contributed by atoms with Crippen LogP contribution in [0.2, 0.25) is 0 Å². The molecular weight excluding hydrogens is 340 g/mol. The van der Waals surface area contributed by atoms with E-state index in [1.54, 1.807) is 0 Å². The number of aryl methyl sites for hydroxylation is 1. The minimum atomic E-state index is -0.756. The number of carboxylic acid groups (broad SMARTS) is 1. The van der Waals surface area contributed by atoms with Gasteiger partial charge in [-0.05, 0) is 50.5 Å². The van der Waals surface area contributed by atoms with Gasteiger partial charge in [-0.1, -0.05) is 30.4 Å². The van der Waals surface area contributed by atoms with Crippen molar-refractivity contribution in [3.8, 4) is 17.6 Å². The van der Waals surface area contributed by atoms with Gasteiger partial charge in [0, 0.05) is 24.3 Å². The number of ether oxygens (including phenoxy) is 1. The lowest BCUT2D eigenvalue weighted by atomic mass is 9.87. The molecule has 2 N–H and O–H groups in total. The fourth-order valence-corrected chi connectivity index (χ4v) is 4.27. The van der Waals surface area contributed by atoms with Gasteiger partial charge >= 0.3 is 5.97 Å². The Kier molecular flexibility index (Phi) is 6.58. The first-order chi connectivity index (χ1) is 13.1. The van der Waals surface area contributed by atoms with E-state index >= 15 is 0 Å². The van der Waals surface area contributed by atoms with Crippen LogP contribution in [0.15, 0.2) is 30.4 Å². The van der Waals surface area contributed by atoms with Crippen molar-refractivity contribution in [1.29, 1.82) is 0 Å². The second-order valence-electron chi connectivity index (χ2n) is 7.42. The fraction of sp³-hybridized carbons (Fsp3) is 0.522. The molecule has 4 atom stereocenters. The third-order valence-electron chi connectivity index (χ3n) is 5.56. The second-order valence-corrected chi connectivity index (χ2v) is 7.42. The molecule has 1 aliphatic carbocycles. The number of benzene rings is 1. The van der Waals surface area contributed by atoms with Crippen molar-refractivity contribution in [2.24, 2.45) is 5.92 Å². The zero-order chi connectivity index (χ0) is 19.2. The molecule has 27 heavy (non-hydrogen) atoms. The SMILES string of the molecule is CC#CCCC(O)/C=C/[C@H]1CCC2Oc3c(CCCC(=O)O)cccc3C21. The molecule has 2 aliphatic rings.